The number of rotatable bonds is 5. The minimum atomic E-state index is -4.03. The summed E-state index contributed by atoms with van der Waals surface area (Å²) in [5.74, 6) is 0.0565. The third kappa shape index (κ3) is 3.83. The van der Waals surface area contributed by atoms with Gasteiger partial charge in [0.25, 0.3) is 15.9 Å². The molecule has 0 bridgehead atoms. The third-order valence-electron chi connectivity index (χ3n) is 4.46. The van der Waals surface area contributed by atoms with E-state index in [-0.39, 0.29) is 15.5 Å². The number of carbonyl (C=O) groups excluding carboxylic acids is 1. The van der Waals surface area contributed by atoms with Crippen molar-refractivity contribution in [2.24, 2.45) is 0 Å². The SMILES string of the molecule is CN(c1ccc(F)cc1)S(=O)(=O)c1ccsc1C(=O)Nc1ccc2c(c1)OCCO2. The zero-order chi connectivity index (χ0) is 21.3. The molecular weight excluding hydrogens is 431 g/mol. The van der Waals surface area contributed by atoms with Crippen LogP contribution in [0.2, 0.25) is 0 Å². The highest BCUT2D eigenvalue weighted by molar-refractivity contribution is 7.93. The lowest BCUT2D eigenvalue weighted by Crippen LogP contribution is -2.28. The van der Waals surface area contributed by atoms with Crippen LogP contribution in [-0.4, -0.2) is 34.6 Å². The van der Waals surface area contributed by atoms with Crippen LogP contribution in [0, 0.1) is 5.82 Å². The zero-order valence-corrected chi connectivity index (χ0v) is 17.4. The van der Waals surface area contributed by atoms with Gasteiger partial charge in [-0.05, 0) is 47.8 Å². The van der Waals surface area contributed by atoms with E-state index in [9.17, 15) is 17.6 Å². The van der Waals surface area contributed by atoms with E-state index in [1.165, 1.54) is 42.8 Å². The van der Waals surface area contributed by atoms with Crippen molar-refractivity contribution in [2.75, 3.05) is 29.9 Å². The normalized spacial score (nSPS) is 13.0. The summed E-state index contributed by atoms with van der Waals surface area (Å²) in [5.41, 5.74) is 0.730. The molecule has 0 radical (unpaired) electrons. The maximum atomic E-state index is 13.2. The highest BCUT2D eigenvalue weighted by atomic mass is 32.2. The Bertz CT molecular complexity index is 1190. The number of amides is 1. The first kappa shape index (κ1) is 20.2. The number of sulfonamides is 1. The van der Waals surface area contributed by atoms with Crippen LogP contribution in [0.25, 0.3) is 0 Å². The van der Waals surface area contributed by atoms with Gasteiger partial charge < -0.3 is 14.8 Å². The molecule has 0 unspecified atom stereocenters. The zero-order valence-electron chi connectivity index (χ0n) is 15.8. The summed E-state index contributed by atoms with van der Waals surface area (Å²) in [4.78, 5) is 12.7. The Kier molecular flexibility index (Phi) is 5.35. The molecule has 1 aliphatic heterocycles. The van der Waals surface area contributed by atoms with Crippen LogP contribution < -0.4 is 19.1 Å². The minimum Gasteiger partial charge on any atom is -0.486 e. The number of ether oxygens (including phenoxy) is 2. The summed E-state index contributed by atoms with van der Waals surface area (Å²) in [6.45, 7) is 0.865. The van der Waals surface area contributed by atoms with E-state index >= 15 is 0 Å². The molecule has 10 heteroatoms. The summed E-state index contributed by atoms with van der Waals surface area (Å²) in [7, 11) is -2.68. The van der Waals surface area contributed by atoms with Crippen molar-refractivity contribution in [1.29, 1.82) is 0 Å². The van der Waals surface area contributed by atoms with E-state index in [2.05, 4.69) is 5.32 Å². The Morgan fingerprint density at radius 1 is 1.07 bits per heavy atom. The van der Waals surface area contributed by atoms with Gasteiger partial charge in [-0.3, -0.25) is 9.10 Å². The Labute approximate surface area is 176 Å². The van der Waals surface area contributed by atoms with Gasteiger partial charge in [-0.1, -0.05) is 0 Å². The highest BCUT2D eigenvalue weighted by Crippen LogP contribution is 2.33. The van der Waals surface area contributed by atoms with Gasteiger partial charge in [-0.2, -0.15) is 0 Å². The Hall–Kier alpha value is -3.11. The average molecular weight is 448 g/mol. The number of halogens is 1. The van der Waals surface area contributed by atoms with Crippen molar-refractivity contribution >= 4 is 38.6 Å². The lowest BCUT2D eigenvalue weighted by atomic mass is 10.2. The summed E-state index contributed by atoms with van der Waals surface area (Å²) < 4.78 is 51.3. The molecule has 3 aromatic rings. The first-order chi connectivity index (χ1) is 14.4. The average Bonchev–Trinajstić information content (AvgIpc) is 3.25. The van der Waals surface area contributed by atoms with Crippen molar-refractivity contribution in [3.63, 3.8) is 0 Å². The predicted octanol–water partition coefficient (Wildman–Crippen LogP) is 3.74. The van der Waals surface area contributed by atoms with Crippen LogP contribution in [0.4, 0.5) is 15.8 Å². The molecule has 1 amide bonds. The van der Waals surface area contributed by atoms with Gasteiger partial charge in [-0.15, -0.1) is 11.3 Å². The first-order valence-corrected chi connectivity index (χ1v) is 11.2. The molecule has 4 rings (SSSR count). The lowest BCUT2D eigenvalue weighted by Gasteiger charge is -2.20. The molecule has 0 fully saturated rings. The number of nitrogens with zero attached hydrogens (tertiary/aromatic N) is 1. The van der Waals surface area contributed by atoms with E-state index in [4.69, 9.17) is 9.47 Å². The Morgan fingerprint density at radius 2 is 1.77 bits per heavy atom. The van der Waals surface area contributed by atoms with Crippen molar-refractivity contribution in [1.82, 2.24) is 0 Å². The standard InChI is InChI=1S/C20H17FN2O5S2/c1-23(15-5-2-13(21)3-6-15)30(25,26)18-8-11-29-19(18)20(24)22-14-4-7-16-17(12-14)28-10-9-27-16/h2-8,11-12H,9-10H2,1H3,(H,22,24). The molecule has 1 aromatic heterocycles. The largest absolute Gasteiger partial charge is 0.486 e. The number of hydrogen-bond acceptors (Lipinski definition) is 6. The number of nitrogens with one attached hydrogen (secondary N) is 1. The molecular formula is C20H17FN2O5S2. The number of fused-ring (bicyclic) bond motifs is 1. The van der Waals surface area contributed by atoms with Crippen LogP contribution in [0.3, 0.4) is 0 Å². The van der Waals surface area contributed by atoms with Gasteiger partial charge in [0.2, 0.25) is 0 Å². The number of carbonyl (C=O) groups is 1. The summed E-state index contributed by atoms with van der Waals surface area (Å²) in [6, 6.07) is 11.4. The van der Waals surface area contributed by atoms with E-state index in [0.29, 0.717) is 30.4 Å². The molecule has 1 aliphatic rings. The molecule has 0 spiro atoms. The van der Waals surface area contributed by atoms with E-state index < -0.39 is 21.7 Å². The fraction of sp³-hybridized carbons (Fsp3) is 0.150. The van der Waals surface area contributed by atoms with Crippen LogP contribution in [0.1, 0.15) is 9.67 Å². The number of thiophene rings is 1. The smallest absolute Gasteiger partial charge is 0.267 e. The summed E-state index contributed by atoms with van der Waals surface area (Å²) in [5, 5.41) is 4.23. The van der Waals surface area contributed by atoms with Gasteiger partial charge in [0.1, 0.15) is 28.8 Å². The predicted molar refractivity (Wildman–Crippen MR) is 112 cm³/mol. The van der Waals surface area contributed by atoms with Gasteiger partial charge in [0.15, 0.2) is 11.5 Å². The number of anilines is 2. The summed E-state index contributed by atoms with van der Waals surface area (Å²) >= 11 is 1.01. The number of benzene rings is 2. The maximum Gasteiger partial charge on any atom is 0.267 e. The van der Waals surface area contributed by atoms with Gasteiger partial charge >= 0.3 is 0 Å². The van der Waals surface area contributed by atoms with Crippen molar-refractivity contribution in [2.45, 2.75) is 4.90 Å². The van der Waals surface area contributed by atoms with Crippen molar-refractivity contribution in [3.8, 4) is 11.5 Å². The molecule has 0 saturated carbocycles. The fourth-order valence-electron chi connectivity index (χ4n) is 2.91. The molecule has 30 heavy (non-hydrogen) atoms. The van der Waals surface area contributed by atoms with Crippen LogP contribution in [-0.2, 0) is 10.0 Å². The highest BCUT2D eigenvalue weighted by Gasteiger charge is 2.28. The molecule has 1 N–H and O–H groups in total. The second-order valence-corrected chi connectivity index (χ2v) is 9.23. The fourth-order valence-corrected chi connectivity index (χ4v) is 5.40. The lowest BCUT2D eigenvalue weighted by molar-refractivity contribution is 0.102. The van der Waals surface area contributed by atoms with Crippen molar-refractivity contribution < 1.29 is 27.1 Å². The molecule has 0 aliphatic carbocycles. The molecule has 7 nitrogen and oxygen atoms in total. The van der Waals surface area contributed by atoms with Gasteiger partial charge in [0.05, 0.1) is 5.69 Å². The van der Waals surface area contributed by atoms with Crippen LogP contribution >= 0.6 is 11.3 Å². The Morgan fingerprint density at radius 3 is 2.50 bits per heavy atom. The molecule has 0 atom stereocenters. The molecule has 2 heterocycles. The monoisotopic (exact) mass is 448 g/mol. The van der Waals surface area contributed by atoms with Gasteiger partial charge in [-0.25, -0.2) is 12.8 Å². The molecule has 156 valence electrons. The van der Waals surface area contributed by atoms with Gasteiger partial charge in [0, 0.05) is 18.8 Å². The maximum absolute atomic E-state index is 13.2. The topological polar surface area (TPSA) is 84.9 Å². The molecule has 0 saturated heterocycles. The second-order valence-electron chi connectivity index (χ2n) is 6.38. The first-order valence-electron chi connectivity index (χ1n) is 8.89. The van der Waals surface area contributed by atoms with E-state index in [0.717, 1.165) is 15.6 Å². The van der Waals surface area contributed by atoms with Crippen LogP contribution in [0.15, 0.2) is 58.8 Å². The number of hydrogen-bond donors (Lipinski definition) is 1. The van der Waals surface area contributed by atoms with Crippen LogP contribution in [0.5, 0.6) is 11.5 Å². The van der Waals surface area contributed by atoms with Crippen molar-refractivity contribution in [3.05, 3.63) is 64.6 Å². The second kappa shape index (κ2) is 7.96. The molecule has 2 aromatic carbocycles. The summed E-state index contributed by atoms with van der Waals surface area (Å²) in [6.07, 6.45) is 0. The quantitative estimate of drug-likeness (QED) is 0.643. The minimum absolute atomic E-state index is 0.0406. The van der Waals surface area contributed by atoms with E-state index in [1.54, 1.807) is 18.2 Å². The van der Waals surface area contributed by atoms with E-state index in [1.807, 2.05) is 0 Å². The third-order valence-corrected chi connectivity index (χ3v) is 7.33. The Balaban J connectivity index is 1.59.